The van der Waals surface area contributed by atoms with Gasteiger partial charge in [0.15, 0.2) is 0 Å². The molecule has 0 bridgehead atoms. The normalized spacial score (nSPS) is 15.0. The molecule has 2 N–H and O–H groups in total. The lowest BCUT2D eigenvalue weighted by Gasteiger charge is -2.37. The first-order chi connectivity index (χ1) is 16.2. The van der Waals surface area contributed by atoms with Crippen LogP contribution in [0.1, 0.15) is 21.5 Å². The smallest absolute Gasteiger partial charge is 0.319 e. The fourth-order valence-corrected chi connectivity index (χ4v) is 4.48. The molecule has 0 spiro atoms. The molecule has 0 fully saturated rings. The monoisotopic (exact) mass is 435 g/mol. The third-order valence-corrected chi connectivity index (χ3v) is 6.17. The number of fused-ring (bicyclic) bond motifs is 2. The van der Waals surface area contributed by atoms with Crippen LogP contribution >= 0.6 is 0 Å². The lowest BCUT2D eigenvalue weighted by Crippen LogP contribution is -2.50. The van der Waals surface area contributed by atoms with Gasteiger partial charge < -0.3 is 15.5 Å². The van der Waals surface area contributed by atoms with Crippen LogP contribution in [0.2, 0.25) is 0 Å². The second-order valence-electron chi connectivity index (χ2n) is 8.29. The number of hydrogen-bond acceptors (Lipinski definition) is 2. The van der Waals surface area contributed by atoms with Crippen molar-refractivity contribution in [2.75, 3.05) is 11.9 Å². The Morgan fingerprint density at radius 3 is 2.33 bits per heavy atom. The summed E-state index contributed by atoms with van der Waals surface area (Å²) in [5, 5.41) is 7.79. The van der Waals surface area contributed by atoms with Gasteiger partial charge in [-0.3, -0.25) is 4.79 Å². The fourth-order valence-electron chi connectivity index (χ4n) is 4.48. The topological polar surface area (TPSA) is 61.4 Å². The van der Waals surface area contributed by atoms with Crippen LogP contribution < -0.4 is 10.6 Å². The number of carbonyl (C=O) groups is 2. The minimum atomic E-state index is -0.280. The van der Waals surface area contributed by atoms with Crippen molar-refractivity contribution in [3.8, 4) is 0 Å². The molecule has 0 saturated heterocycles. The van der Waals surface area contributed by atoms with E-state index in [-0.39, 0.29) is 18.0 Å². The molecule has 0 aliphatic carbocycles. The number of anilines is 1. The van der Waals surface area contributed by atoms with Crippen LogP contribution in [0, 0.1) is 0 Å². The van der Waals surface area contributed by atoms with E-state index in [2.05, 4.69) is 22.8 Å². The number of nitrogens with zero attached hydrogens (tertiary/aromatic N) is 1. The van der Waals surface area contributed by atoms with E-state index in [0.29, 0.717) is 25.1 Å². The van der Waals surface area contributed by atoms with Crippen LogP contribution in [0.4, 0.5) is 10.5 Å². The molecule has 4 aromatic rings. The third-order valence-electron chi connectivity index (χ3n) is 6.17. The maximum absolute atomic E-state index is 13.8. The maximum atomic E-state index is 13.8. The van der Waals surface area contributed by atoms with Gasteiger partial charge in [0.25, 0.3) is 5.91 Å². The summed E-state index contributed by atoms with van der Waals surface area (Å²) in [7, 11) is 0. The SMILES string of the molecule is O=C(NCC1Cc2ccccc2CN1C(=O)c1cccc2ccccc12)Nc1ccccc1. The van der Waals surface area contributed by atoms with E-state index < -0.39 is 0 Å². The Morgan fingerprint density at radius 1 is 0.788 bits per heavy atom. The molecule has 1 aliphatic rings. The van der Waals surface area contributed by atoms with Gasteiger partial charge in [-0.2, -0.15) is 0 Å². The van der Waals surface area contributed by atoms with Crippen LogP contribution in [0.15, 0.2) is 97.1 Å². The minimum Gasteiger partial charge on any atom is -0.336 e. The highest BCUT2D eigenvalue weighted by atomic mass is 16.2. The summed E-state index contributed by atoms with van der Waals surface area (Å²) in [4.78, 5) is 28.2. The van der Waals surface area contributed by atoms with Crippen molar-refractivity contribution >= 4 is 28.4 Å². The van der Waals surface area contributed by atoms with E-state index in [1.54, 1.807) is 0 Å². The number of amides is 3. The predicted octanol–water partition coefficient (Wildman–Crippen LogP) is 5.23. The molecule has 1 unspecified atom stereocenters. The molecular weight excluding hydrogens is 410 g/mol. The Balaban J connectivity index is 1.39. The van der Waals surface area contributed by atoms with Crippen molar-refractivity contribution in [2.24, 2.45) is 0 Å². The van der Waals surface area contributed by atoms with Crippen molar-refractivity contribution in [3.05, 3.63) is 114 Å². The fraction of sp³-hybridized carbons (Fsp3) is 0.143. The van der Waals surface area contributed by atoms with Crippen LogP contribution in [-0.4, -0.2) is 29.4 Å². The van der Waals surface area contributed by atoms with Gasteiger partial charge in [0.05, 0.1) is 6.04 Å². The molecule has 5 nitrogen and oxygen atoms in total. The van der Waals surface area contributed by atoms with Gasteiger partial charge in [0.2, 0.25) is 0 Å². The first-order valence-electron chi connectivity index (χ1n) is 11.1. The largest absolute Gasteiger partial charge is 0.336 e. The predicted molar refractivity (Wildman–Crippen MR) is 131 cm³/mol. The zero-order valence-electron chi connectivity index (χ0n) is 18.2. The number of hydrogen-bond donors (Lipinski definition) is 2. The van der Waals surface area contributed by atoms with Crippen molar-refractivity contribution < 1.29 is 9.59 Å². The lowest BCUT2D eigenvalue weighted by molar-refractivity contribution is 0.0643. The summed E-state index contributed by atoms with van der Waals surface area (Å²) in [5.74, 6) is -0.0171. The average molecular weight is 436 g/mol. The van der Waals surface area contributed by atoms with E-state index in [1.807, 2.05) is 89.8 Å². The van der Waals surface area contributed by atoms with E-state index in [4.69, 9.17) is 0 Å². The Labute approximate surface area is 193 Å². The number of nitrogens with one attached hydrogen (secondary N) is 2. The van der Waals surface area contributed by atoms with Crippen molar-refractivity contribution in [3.63, 3.8) is 0 Å². The Hall–Kier alpha value is -4.12. The first kappa shape index (κ1) is 20.8. The highest BCUT2D eigenvalue weighted by Crippen LogP contribution is 2.27. The Kier molecular flexibility index (Phi) is 5.77. The molecule has 3 amide bonds. The summed E-state index contributed by atoms with van der Waals surface area (Å²) in [5.41, 5.74) is 3.78. The molecule has 164 valence electrons. The molecule has 0 aromatic heterocycles. The van der Waals surface area contributed by atoms with Gasteiger partial charge in [0.1, 0.15) is 0 Å². The van der Waals surface area contributed by atoms with Gasteiger partial charge in [-0.05, 0) is 46.5 Å². The second kappa shape index (κ2) is 9.17. The molecular formula is C28H25N3O2. The summed E-state index contributed by atoms with van der Waals surface area (Å²) in [6.45, 7) is 0.883. The van der Waals surface area contributed by atoms with Crippen molar-refractivity contribution in [2.45, 2.75) is 19.0 Å². The van der Waals surface area contributed by atoms with E-state index in [9.17, 15) is 9.59 Å². The van der Waals surface area contributed by atoms with Gasteiger partial charge in [-0.1, -0.05) is 78.9 Å². The lowest BCUT2D eigenvalue weighted by atomic mass is 9.92. The standard InChI is InChI=1S/C28H25N3O2/c32-27(26-16-8-12-20-9-6-7-15-25(20)26)31-19-22-11-5-4-10-21(22)17-24(31)18-29-28(33)30-23-13-2-1-3-14-23/h1-16,24H,17-19H2,(H2,29,30,33). The summed E-state index contributed by atoms with van der Waals surface area (Å²) in [6, 6.07) is 30.9. The zero-order valence-corrected chi connectivity index (χ0v) is 18.2. The first-order valence-corrected chi connectivity index (χ1v) is 11.1. The molecule has 1 aliphatic heterocycles. The number of rotatable bonds is 4. The summed E-state index contributed by atoms with van der Waals surface area (Å²) < 4.78 is 0. The third kappa shape index (κ3) is 4.44. The van der Waals surface area contributed by atoms with Crippen LogP contribution in [0.25, 0.3) is 10.8 Å². The zero-order chi connectivity index (χ0) is 22.6. The maximum Gasteiger partial charge on any atom is 0.319 e. The number of carbonyl (C=O) groups excluding carboxylic acids is 2. The van der Waals surface area contributed by atoms with Gasteiger partial charge >= 0.3 is 6.03 Å². The molecule has 33 heavy (non-hydrogen) atoms. The molecule has 0 saturated carbocycles. The van der Waals surface area contributed by atoms with Crippen molar-refractivity contribution in [1.29, 1.82) is 0 Å². The highest BCUT2D eigenvalue weighted by Gasteiger charge is 2.31. The van der Waals surface area contributed by atoms with Crippen LogP contribution in [-0.2, 0) is 13.0 Å². The molecule has 1 heterocycles. The molecule has 4 aromatic carbocycles. The van der Waals surface area contributed by atoms with E-state index in [0.717, 1.165) is 22.0 Å². The van der Waals surface area contributed by atoms with Gasteiger partial charge in [-0.25, -0.2) is 4.79 Å². The average Bonchev–Trinajstić information content (AvgIpc) is 2.86. The Bertz CT molecular complexity index is 1300. The van der Waals surface area contributed by atoms with Crippen LogP contribution in [0.5, 0.6) is 0 Å². The van der Waals surface area contributed by atoms with E-state index >= 15 is 0 Å². The number of urea groups is 1. The minimum absolute atomic E-state index is 0.0171. The molecule has 0 radical (unpaired) electrons. The highest BCUT2D eigenvalue weighted by molar-refractivity contribution is 6.07. The molecule has 1 atom stereocenters. The Morgan fingerprint density at radius 2 is 1.48 bits per heavy atom. The summed E-state index contributed by atoms with van der Waals surface area (Å²) >= 11 is 0. The van der Waals surface area contributed by atoms with Gasteiger partial charge in [0, 0.05) is 24.3 Å². The van der Waals surface area contributed by atoms with E-state index in [1.165, 1.54) is 5.56 Å². The van der Waals surface area contributed by atoms with Gasteiger partial charge in [-0.15, -0.1) is 0 Å². The summed E-state index contributed by atoms with van der Waals surface area (Å²) in [6.07, 6.45) is 0.693. The quantitative estimate of drug-likeness (QED) is 0.461. The van der Waals surface area contributed by atoms with Crippen LogP contribution in [0.3, 0.4) is 0 Å². The van der Waals surface area contributed by atoms with Crippen molar-refractivity contribution in [1.82, 2.24) is 10.2 Å². The molecule has 5 heteroatoms. The molecule has 5 rings (SSSR count). The number of para-hydroxylation sites is 1. The number of benzene rings is 4. The second-order valence-corrected chi connectivity index (χ2v) is 8.29.